The quantitative estimate of drug-likeness (QED) is 0.809. The number of hydrogen-bond donors (Lipinski definition) is 1. The van der Waals surface area contributed by atoms with Crippen LogP contribution < -0.4 is 5.32 Å². The zero-order valence-electron chi connectivity index (χ0n) is 16.2. The Hall–Kier alpha value is -1.43. The van der Waals surface area contributed by atoms with Crippen LogP contribution in [0.3, 0.4) is 0 Å². The number of ether oxygens (including phenoxy) is 1. The van der Waals surface area contributed by atoms with Gasteiger partial charge in [0.1, 0.15) is 0 Å². The van der Waals surface area contributed by atoms with Crippen LogP contribution in [0.5, 0.6) is 0 Å². The molecule has 26 heavy (non-hydrogen) atoms. The Balaban J connectivity index is 1.44. The molecule has 0 spiro atoms. The normalized spacial score (nSPS) is 24.7. The second-order valence-corrected chi connectivity index (χ2v) is 7.72. The van der Waals surface area contributed by atoms with Gasteiger partial charge in [-0.25, -0.2) is 0 Å². The van der Waals surface area contributed by atoms with Crippen LogP contribution >= 0.6 is 0 Å². The molecule has 1 aromatic rings. The van der Waals surface area contributed by atoms with Gasteiger partial charge in [-0.15, -0.1) is 0 Å². The fraction of sp³-hybridized carbons (Fsp3) is 0.667. The lowest BCUT2D eigenvalue weighted by Crippen LogP contribution is -2.47. The van der Waals surface area contributed by atoms with E-state index in [1.807, 2.05) is 6.92 Å². The highest BCUT2D eigenvalue weighted by atomic mass is 16.5. The minimum Gasteiger partial charge on any atom is -0.373 e. The molecule has 5 nitrogen and oxygen atoms in total. The number of piperazine rings is 1. The zero-order chi connectivity index (χ0) is 18.4. The lowest BCUT2D eigenvalue weighted by atomic mass is 10.0. The van der Waals surface area contributed by atoms with Crippen molar-refractivity contribution in [3.63, 3.8) is 0 Å². The van der Waals surface area contributed by atoms with E-state index in [4.69, 9.17) is 4.74 Å². The molecule has 2 fully saturated rings. The number of amides is 1. The number of likely N-dealkylation sites (N-methyl/N-ethyl adjacent to an activating group) is 1. The Bertz CT molecular complexity index is 584. The Morgan fingerprint density at radius 2 is 1.88 bits per heavy atom. The van der Waals surface area contributed by atoms with Crippen molar-refractivity contribution in [2.45, 2.75) is 51.4 Å². The maximum atomic E-state index is 11.4. The highest BCUT2D eigenvalue weighted by Gasteiger charge is 2.27. The first kappa shape index (κ1) is 19.3. The minimum absolute atomic E-state index is 0.0984. The maximum Gasteiger partial charge on any atom is 0.219 e. The van der Waals surface area contributed by atoms with Gasteiger partial charge in [-0.2, -0.15) is 0 Å². The lowest BCUT2D eigenvalue weighted by Gasteiger charge is -2.33. The summed E-state index contributed by atoms with van der Waals surface area (Å²) < 4.78 is 6.33. The van der Waals surface area contributed by atoms with Gasteiger partial charge in [-0.05, 0) is 37.4 Å². The lowest BCUT2D eigenvalue weighted by molar-refractivity contribution is -0.120. The second-order valence-electron chi connectivity index (χ2n) is 7.72. The van der Waals surface area contributed by atoms with Gasteiger partial charge in [-0.1, -0.05) is 31.2 Å². The summed E-state index contributed by atoms with van der Waals surface area (Å²) in [5.74, 6) is 0.0984. The Labute approximate surface area is 157 Å². The van der Waals surface area contributed by atoms with E-state index in [1.165, 1.54) is 12.0 Å². The third-order valence-corrected chi connectivity index (χ3v) is 5.52. The highest BCUT2D eigenvalue weighted by molar-refractivity contribution is 5.75. The van der Waals surface area contributed by atoms with Crippen LogP contribution in [0.25, 0.3) is 0 Å². The molecule has 0 radical (unpaired) electrons. The molecule has 2 heterocycles. The maximum absolute atomic E-state index is 11.4. The van der Waals surface area contributed by atoms with Gasteiger partial charge in [-0.3, -0.25) is 9.69 Å². The number of carbonyl (C=O) groups is 1. The van der Waals surface area contributed by atoms with Crippen molar-refractivity contribution in [3.8, 4) is 0 Å². The fourth-order valence-electron chi connectivity index (χ4n) is 3.84. The van der Waals surface area contributed by atoms with Crippen LogP contribution in [-0.2, 0) is 22.5 Å². The van der Waals surface area contributed by atoms with Crippen LogP contribution in [-0.4, -0.2) is 67.7 Å². The van der Waals surface area contributed by atoms with E-state index in [1.54, 1.807) is 0 Å². The molecule has 0 bridgehead atoms. The average Bonchev–Trinajstić information content (AvgIpc) is 3.08. The van der Waals surface area contributed by atoms with Crippen LogP contribution in [0.4, 0.5) is 0 Å². The summed E-state index contributed by atoms with van der Waals surface area (Å²) in [6, 6.07) is 8.53. The van der Waals surface area contributed by atoms with E-state index in [0.717, 1.165) is 51.1 Å². The molecule has 5 heteroatoms. The fourth-order valence-corrected chi connectivity index (χ4v) is 3.84. The van der Waals surface area contributed by atoms with E-state index in [2.05, 4.69) is 46.4 Å². The number of rotatable bonds is 7. The summed E-state index contributed by atoms with van der Waals surface area (Å²) in [4.78, 5) is 16.4. The largest absolute Gasteiger partial charge is 0.373 e. The summed E-state index contributed by atoms with van der Waals surface area (Å²) >= 11 is 0. The molecule has 3 rings (SSSR count). The molecule has 2 atom stereocenters. The monoisotopic (exact) mass is 359 g/mol. The smallest absolute Gasteiger partial charge is 0.219 e. The molecule has 1 amide bonds. The topological polar surface area (TPSA) is 44.8 Å². The van der Waals surface area contributed by atoms with Gasteiger partial charge in [0.2, 0.25) is 5.91 Å². The Kier molecular flexibility index (Phi) is 7.06. The minimum atomic E-state index is 0.0984. The molecule has 0 saturated carbocycles. The van der Waals surface area contributed by atoms with E-state index >= 15 is 0 Å². The van der Waals surface area contributed by atoms with Crippen molar-refractivity contribution in [1.29, 1.82) is 0 Å². The van der Waals surface area contributed by atoms with E-state index in [-0.39, 0.29) is 5.91 Å². The summed E-state index contributed by atoms with van der Waals surface area (Å²) in [6.07, 6.45) is 4.53. The predicted molar refractivity (Wildman–Crippen MR) is 104 cm³/mol. The van der Waals surface area contributed by atoms with E-state index in [0.29, 0.717) is 25.2 Å². The number of nitrogens with one attached hydrogen (secondary N) is 1. The van der Waals surface area contributed by atoms with Crippen LogP contribution in [0.2, 0.25) is 0 Å². The standard InChI is InChI=1S/C21H33N3O2/c1-3-21(25)22-15-18-6-4-5-17(13-18)14-19-7-8-20(26-19)16-24-11-9-23(2)10-12-24/h4-6,13,19-20H,3,7-12,14-16H2,1-2H3,(H,22,25)/t19-,20+/m0/s1. The molecule has 2 saturated heterocycles. The molecule has 0 unspecified atom stereocenters. The number of benzene rings is 1. The van der Waals surface area contributed by atoms with Gasteiger partial charge in [0.15, 0.2) is 0 Å². The zero-order valence-corrected chi connectivity index (χ0v) is 16.2. The number of hydrogen-bond acceptors (Lipinski definition) is 4. The summed E-state index contributed by atoms with van der Waals surface area (Å²) in [5.41, 5.74) is 2.47. The van der Waals surface area contributed by atoms with Gasteiger partial charge in [0.05, 0.1) is 12.2 Å². The molecular formula is C21H33N3O2. The van der Waals surface area contributed by atoms with Crippen molar-refractivity contribution < 1.29 is 9.53 Å². The first-order valence-corrected chi connectivity index (χ1v) is 10.0. The number of carbonyl (C=O) groups excluding carboxylic acids is 1. The molecule has 144 valence electrons. The van der Waals surface area contributed by atoms with Crippen molar-refractivity contribution in [2.75, 3.05) is 39.8 Å². The summed E-state index contributed by atoms with van der Waals surface area (Å²) in [7, 11) is 2.20. The second kappa shape index (κ2) is 9.49. The van der Waals surface area contributed by atoms with E-state index in [9.17, 15) is 4.79 Å². The molecule has 0 aromatic heterocycles. The van der Waals surface area contributed by atoms with Crippen molar-refractivity contribution in [1.82, 2.24) is 15.1 Å². The van der Waals surface area contributed by atoms with Crippen molar-refractivity contribution in [2.24, 2.45) is 0 Å². The van der Waals surface area contributed by atoms with Gasteiger partial charge < -0.3 is 15.0 Å². The molecule has 1 N–H and O–H groups in total. The van der Waals surface area contributed by atoms with Crippen molar-refractivity contribution >= 4 is 5.91 Å². The molecular weight excluding hydrogens is 326 g/mol. The first-order valence-electron chi connectivity index (χ1n) is 10.0. The first-order chi connectivity index (χ1) is 12.6. The molecule has 2 aliphatic heterocycles. The van der Waals surface area contributed by atoms with Crippen LogP contribution in [0, 0.1) is 0 Å². The molecule has 1 aromatic carbocycles. The van der Waals surface area contributed by atoms with Gasteiger partial charge in [0, 0.05) is 45.7 Å². The third kappa shape index (κ3) is 5.79. The molecule has 0 aliphatic carbocycles. The van der Waals surface area contributed by atoms with Gasteiger partial charge >= 0.3 is 0 Å². The predicted octanol–water partition coefficient (Wildman–Crippen LogP) is 2.05. The van der Waals surface area contributed by atoms with Crippen molar-refractivity contribution in [3.05, 3.63) is 35.4 Å². The van der Waals surface area contributed by atoms with Crippen LogP contribution in [0.15, 0.2) is 24.3 Å². The SMILES string of the molecule is CCC(=O)NCc1cccc(C[C@@H]2CC[C@H](CN3CCN(C)CC3)O2)c1. The Morgan fingerprint density at radius 3 is 2.65 bits per heavy atom. The Morgan fingerprint density at radius 1 is 1.15 bits per heavy atom. The summed E-state index contributed by atoms with van der Waals surface area (Å²) in [6.45, 7) is 8.21. The molecule has 2 aliphatic rings. The van der Waals surface area contributed by atoms with Crippen LogP contribution in [0.1, 0.15) is 37.3 Å². The highest BCUT2D eigenvalue weighted by Crippen LogP contribution is 2.24. The third-order valence-electron chi connectivity index (χ3n) is 5.52. The van der Waals surface area contributed by atoms with Gasteiger partial charge in [0.25, 0.3) is 0 Å². The van der Waals surface area contributed by atoms with E-state index < -0.39 is 0 Å². The average molecular weight is 360 g/mol. The number of nitrogens with zero attached hydrogens (tertiary/aromatic N) is 2. The summed E-state index contributed by atoms with van der Waals surface area (Å²) in [5, 5.41) is 2.95.